The molecule has 1 aliphatic carbocycles. The Bertz CT molecular complexity index is 413. The summed E-state index contributed by atoms with van der Waals surface area (Å²) in [7, 11) is 1.41. The van der Waals surface area contributed by atoms with E-state index in [0.717, 1.165) is 17.4 Å². The Morgan fingerprint density at radius 1 is 1.61 bits per heavy atom. The van der Waals surface area contributed by atoms with Crippen LogP contribution in [-0.2, 0) is 16.0 Å². The normalized spacial score (nSPS) is 17.0. The van der Waals surface area contributed by atoms with Crippen LogP contribution in [0.25, 0.3) is 0 Å². The summed E-state index contributed by atoms with van der Waals surface area (Å²) in [6.07, 6.45) is 5.01. The molecule has 0 atom stereocenters. The zero-order valence-corrected chi connectivity index (χ0v) is 11.8. The van der Waals surface area contributed by atoms with Crippen LogP contribution in [0.5, 0.6) is 0 Å². The van der Waals surface area contributed by atoms with Gasteiger partial charge >= 0.3 is 5.97 Å². The smallest absolute Gasteiger partial charge is 0.305 e. The summed E-state index contributed by atoms with van der Waals surface area (Å²) in [5.74, 6) is -0.181. The molecule has 100 valence electrons. The average Bonchev–Trinajstić information content (AvgIpc) is 2.79. The number of aromatic nitrogens is 1. The van der Waals surface area contributed by atoms with Crippen LogP contribution in [0.2, 0.25) is 0 Å². The second-order valence-corrected chi connectivity index (χ2v) is 6.10. The predicted octanol–water partition coefficient (Wildman–Crippen LogP) is 2.85. The number of hydrogen-bond donors (Lipinski definition) is 1. The van der Waals surface area contributed by atoms with E-state index in [0.29, 0.717) is 18.3 Å². The number of nitrogens with one attached hydrogen (secondary N) is 1. The molecular formula is C13H20N2O2S. The van der Waals surface area contributed by atoms with E-state index in [1.54, 1.807) is 11.3 Å². The van der Waals surface area contributed by atoms with Gasteiger partial charge < -0.3 is 10.1 Å². The van der Waals surface area contributed by atoms with Crippen molar-refractivity contribution in [2.75, 3.05) is 19.0 Å². The molecule has 0 unspecified atom stereocenters. The van der Waals surface area contributed by atoms with E-state index >= 15 is 0 Å². The Labute approximate surface area is 112 Å². The Balaban J connectivity index is 1.77. The molecular weight excluding hydrogens is 248 g/mol. The molecule has 5 heteroatoms. The van der Waals surface area contributed by atoms with Crippen molar-refractivity contribution in [3.05, 3.63) is 11.1 Å². The molecule has 1 heterocycles. The van der Waals surface area contributed by atoms with Crippen LogP contribution in [0.15, 0.2) is 5.38 Å². The molecule has 0 aromatic carbocycles. The molecule has 1 fully saturated rings. The van der Waals surface area contributed by atoms with Crippen LogP contribution >= 0.6 is 11.3 Å². The summed E-state index contributed by atoms with van der Waals surface area (Å²) in [6.45, 7) is 3.31. The van der Waals surface area contributed by atoms with Gasteiger partial charge in [0, 0.05) is 18.3 Å². The van der Waals surface area contributed by atoms with Gasteiger partial charge in [-0.15, -0.1) is 11.3 Å². The first kappa shape index (κ1) is 13.3. The topological polar surface area (TPSA) is 51.2 Å². The van der Waals surface area contributed by atoms with E-state index in [9.17, 15) is 4.79 Å². The van der Waals surface area contributed by atoms with Crippen molar-refractivity contribution in [3.8, 4) is 0 Å². The van der Waals surface area contributed by atoms with Gasteiger partial charge in [0.1, 0.15) is 0 Å². The SMILES string of the molecule is COC(=O)CCc1csc(NCC2(C)CCC2)n1. The molecule has 0 bridgehead atoms. The molecule has 2 rings (SSSR count). The first-order valence-electron chi connectivity index (χ1n) is 6.36. The first-order valence-corrected chi connectivity index (χ1v) is 7.24. The molecule has 0 radical (unpaired) electrons. The standard InChI is InChI=1S/C13H20N2O2S/c1-13(6-3-7-13)9-14-12-15-10(8-18-12)4-5-11(16)17-2/h8H,3-7,9H2,1-2H3,(H,14,15). The van der Waals surface area contributed by atoms with Crippen LogP contribution in [0.4, 0.5) is 5.13 Å². The largest absolute Gasteiger partial charge is 0.469 e. The minimum Gasteiger partial charge on any atom is -0.469 e. The van der Waals surface area contributed by atoms with Crippen LogP contribution in [0, 0.1) is 5.41 Å². The number of hydrogen-bond acceptors (Lipinski definition) is 5. The van der Waals surface area contributed by atoms with Gasteiger partial charge in [0.25, 0.3) is 0 Å². The summed E-state index contributed by atoms with van der Waals surface area (Å²) in [4.78, 5) is 15.5. The average molecular weight is 268 g/mol. The van der Waals surface area contributed by atoms with Gasteiger partial charge in [-0.1, -0.05) is 13.3 Å². The van der Waals surface area contributed by atoms with Crippen molar-refractivity contribution >= 4 is 22.4 Å². The van der Waals surface area contributed by atoms with E-state index in [4.69, 9.17) is 0 Å². The second-order valence-electron chi connectivity index (χ2n) is 5.24. The van der Waals surface area contributed by atoms with Crippen molar-refractivity contribution < 1.29 is 9.53 Å². The summed E-state index contributed by atoms with van der Waals surface area (Å²) in [6, 6.07) is 0. The maximum atomic E-state index is 11.0. The third-order valence-electron chi connectivity index (χ3n) is 3.59. The highest BCUT2D eigenvalue weighted by molar-refractivity contribution is 7.13. The summed E-state index contributed by atoms with van der Waals surface area (Å²) in [5, 5.41) is 6.37. The zero-order valence-electron chi connectivity index (χ0n) is 11.0. The maximum absolute atomic E-state index is 11.0. The molecule has 18 heavy (non-hydrogen) atoms. The zero-order chi connectivity index (χ0) is 13.0. The lowest BCUT2D eigenvalue weighted by Crippen LogP contribution is -2.33. The van der Waals surface area contributed by atoms with Crippen molar-refractivity contribution in [2.24, 2.45) is 5.41 Å². The summed E-state index contributed by atoms with van der Waals surface area (Å²) < 4.78 is 4.61. The number of carbonyl (C=O) groups excluding carboxylic acids is 1. The predicted molar refractivity (Wildman–Crippen MR) is 72.9 cm³/mol. The third kappa shape index (κ3) is 3.45. The minimum absolute atomic E-state index is 0.181. The van der Waals surface area contributed by atoms with Gasteiger partial charge in [0.05, 0.1) is 19.2 Å². The monoisotopic (exact) mass is 268 g/mol. The van der Waals surface area contributed by atoms with Crippen LogP contribution in [0.3, 0.4) is 0 Å². The number of nitrogens with zero attached hydrogens (tertiary/aromatic N) is 1. The molecule has 1 aromatic heterocycles. The number of aryl methyl sites for hydroxylation is 1. The number of carbonyl (C=O) groups is 1. The highest BCUT2D eigenvalue weighted by Crippen LogP contribution is 2.40. The Morgan fingerprint density at radius 3 is 3.00 bits per heavy atom. The van der Waals surface area contributed by atoms with Crippen molar-refractivity contribution in [1.82, 2.24) is 4.98 Å². The number of esters is 1. The molecule has 1 saturated carbocycles. The lowest BCUT2D eigenvalue weighted by atomic mass is 9.70. The molecule has 0 aliphatic heterocycles. The van der Waals surface area contributed by atoms with Gasteiger partial charge in [-0.05, 0) is 18.3 Å². The number of methoxy groups -OCH3 is 1. The van der Waals surface area contributed by atoms with Crippen molar-refractivity contribution in [1.29, 1.82) is 0 Å². The van der Waals surface area contributed by atoms with Gasteiger partial charge in [0.2, 0.25) is 0 Å². The number of anilines is 1. The molecule has 1 aromatic rings. The van der Waals surface area contributed by atoms with Crippen LogP contribution in [0.1, 0.15) is 38.3 Å². The fourth-order valence-electron chi connectivity index (χ4n) is 2.08. The molecule has 1 aliphatic rings. The summed E-state index contributed by atoms with van der Waals surface area (Å²) >= 11 is 1.61. The van der Waals surface area contributed by atoms with Gasteiger partial charge in [-0.25, -0.2) is 4.98 Å². The Morgan fingerprint density at radius 2 is 2.39 bits per heavy atom. The van der Waals surface area contributed by atoms with Gasteiger partial charge in [0.15, 0.2) is 5.13 Å². The Kier molecular flexibility index (Phi) is 4.22. The van der Waals surface area contributed by atoms with E-state index in [2.05, 4.69) is 22.0 Å². The molecule has 0 amide bonds. The van der Waals surface area contributed by atoms with Crippen LogP contribution < -0.4 is 5.32 Å². The highest BCUT2D eigenvalue weighted by atomic mass is 32.1. The number of rotatable bonds is 6. The quantitative estimate of drug-likeness (QED) is 0.806. The van der Waals surface area contributed by atoms with E-state index < -0.39 is 0 Å². The van der Waals surface area contributed by atoms with Gasteiger partial charge in [-0.2, -0.15) is 0 Å². The number of ether oxygens (including phenoxy) is 1. The van der Waals surface area contributed by atoms with Crippen molar-refractivity contribution in [3.63, 3.8) is 0 Å². The fourth-order valence-corrected chi connectivity index (χ4v) is 2.82. The fraction of sp³-hybridized carbons (Fsp3) is 0.692. The first-order chi connectivity index (χ1) is 8.61. The molecule has 0 spiro atoms. The van der Waals surface area contributed by atoms with E-state index in [-0.39, 0.29) is 5.97 Å². The third-order valence-corrected chi connectivity index (χ3v) is 4.44. The van der Waals surface area contributed by atoms with E-state index in [1.165, 1.54) is 26.4 Å². The molecule has 4 nitrogen and oxygen atoms in total. The van der Waals surface area contributed by atoms with Crippen LogP contribution in [-0.4, -0.2) is 24.6 Å². The minimum atomic E-state index is -0.181. The maximum Gasteiger partial charge on any atom is 0.305 e. The molecule has 1 N–H and O–H groups in total. The molecule has 0 saturated heterocycles. The second kappa shape index (κ2) is 5.69. The van der Waals surface area contributed by atoms with E-state index in [1.807, 2.05) is 5.38 Å². The van der Waals surface area contributed by atoms with Crippen molar-refractivity contribution in [2.45, 2.75) is 39.0 Å². The number of thiazole rings is 1. The lowest BCUT2D eigenvalue weighted by molar-refractivity contribution is -0.140. The summed E-state index contributed by atoms with van der Waals surface area (Å²) in [5.41, 5.74) is 1.42. The van der Waals surface area contributed by atoms with Gasteiger partial charge in [-0.3, -0.25) is 4.79 Å². The Hall–Kier alpha value is -1.10. The highest BCUT2D eigenvalue weighted by Gasteiger charge is 2.31. The lowest BCUT2D eigenvalue weighted by Gasteiger charge is -2.38.